The number of rotatable bonds is 8. The van der Waals surface area contributed by atoms with E-state index < -0.39 is 0 Å². The Balaban J connectivity index is 1.33. The van der Waals surface area contributed by atoms with Gasteiger partial charge < -0.3 is 19.9 Å². The smallest absolute Gasteiger partial charge is 0.252 e. The Bertz CT molecular complexity index is 1360. The maximum absolute atomic E-state index is 12.3. The summed E-state index contributed by atoms with van der Waals surface area (Å²) in [6.07, 6.45) is 3.52. The molecule has 174 valence electrons. The first-order valence-corrected chi connectivity index (χ1v) is 11.7. The molecule has 7 nitrogen and oxygen atoms in total. The SMILES string of the molecule is CCCC1NC(=O)c2ccc(-c3cc(NCCn4c(C)cc5c(OC)cccc54)ncn3)cc21. The minimum absolute atomic E-state index is 0.00972. The van der Waals surface area contributed by atoms with Gasteiger partial charge in [0.05, 0.1) is 24.4 Å². The van der Waals surface area contributed by atoms with Gasteiger partial charge >= 0.3 is 0 Å². The van der Waals surface area contributed by atoms with Crippen LogP contribution in [-0.4, -0.2) is 34.1 Å². The summed E-state index contributed by atoms with van der Waals surface area (Å²) in [7, 11) is 1.70. The van der Waals surface area contributed by atoms with Crippen LogP contribution in [0.4, 0.5) is 5.82 Å². The van der Waals surface area contributed by atoms with Crippen LogP contribution in [0, 0.1) is 6.92 Å². The Hall–Kier alpha value is -3.87. The Kier molecular flexibility index (Phi) is 5.92. The number of amides is 1. The van der Waals surface area contributed by atoms with Gasteiger partial charge in [-0.3, -0.25) is 4.79 Å². The summed E-state index contributed by atoms with van der Waals surface area (Å²) >= 11 is 0. The lowest BCUT2D eigenvalue weighted by atomic mass is 9.97. The van der Waals surface area contributed by atoms with E-state index in [1.54, 1.807) is 13.4 Å². The highest BCUT2D eigenvalue weighted by Crippen LogP contribution is 2.32. The molecular weight excluding hydrogens is 426 g/mol. The van der Waals surface area contributed by atoms with E-state index in [0.29, 0.717) is 0 Å². The molecule has 0 spiro atoms. The third-order valence-electron chi connectivity index (χ3n) is 6.49. The number of benzene rings is 2. The van der Waals surface area contributed by atoms with Gasteiger partial charge in [-0.15, -0.1) is 0 Å². The monoisotopic (exact) mass is 455 g/mol. The highest BCUT2D eigenvalue weighted by Gasteiger charge is 2.28. The zero-order chi connectivity index (χ0) is 23.7. The molecule has 3 heterocycles. The first-order chi connectivity index (χ1) is 16.6. The fraction of sp³-hybridized carbons (Fsp3) is 0.296. The summed E-state index contributed by atoms with van der Waals surface area (Å²) in [6, 6.07) is 16.3. The second-order valence-corrected chi connectivity index (χ2v) is 8.66. The van der Waals surface area contributed by atoms with E-state index in [-0.39, 0.29) is 11.9 Å². The Morgan fingerprint density at radius 3 is 2.85 bits per heavy atom. The Morgan fingerprint density at radius 2 is 2.03 bits per heavy atom. The number of hydrogen-bond donors (Lipinski definition) is 2. The number of aromatic nitrogens is 3. The fourth-order valence-electron chi connectivity index (χ4n) is 4.82. The van der Waals surface area contributed by atoms with Crippen LogP contribution in [0.5, 0.6) is 5.75 Å². The molecule has 1 atom stereocenters. The average molecular weight is 456 g/mol. The molecule has 1 aliphatic rings. The van der Waals surface area contributed by atoms with Crippen molar-refractivity contribution in [3.05, 3.63) is 71.7 Å². The van der Waals surface area contributed by atoms with Crippen LogP contribution in [0.3, 0.4) is 0 Å². The number of carbonyl (C=O) groups is 1. The van der Waals surface area contributed by atoms with Crippen molar-refractivity contribution >= 4 is 22.6 Å². The Labute approximate surface area is 199 Å². The predicted octanol–water partition coefficient (Wildman–Crippen LogP) is 5.11. The molecule has 34 heavy (non-hydrogen) atoms. The van der Waals surface area contributed by atoms with Crippen molar-refractivity contribution in [2.45, 2.75) is 39.3 Å². The van der Waals surface area contributed by atoms with Gasteiger partial charge in [-0.05, 0) is 49.2 Å². The molecule has 2 aromatic heterocycles. The summed E-state index contributed by atoms with van der Waals surface area (Å²) in [5.74, 6) is 1.67. The molecule has 2 N–H and O–H groups in total. The Morgan fingerprint density at radius 1 is 1.15 bits per heavy atom. The minimum Gasteiger partial charge on any atom is -0.496 e. The highest BCUT2D eigenvalue weighted by molar-refractivity contribution is 5.99. The predicted molar refractivity (Wildman–Crippen MR) is 134 cm³/mol. The molecule has 0 saturated heterocycles. The van der Waals surface area contributed by atoms with Crippen LogP contribution in [0.2, 0.25) is 0 Å². The van der Waals surface area contributed by atoms with Crippen molar-refractivity contribution < 1.29 is 9.53 Å². The lowest BCUT2D eigenvalue weighted by Gasteiger charge is -2.12. The number of nitrogens with one attached hydrogen (secondary N) is 2. The molecule has 5 rings (SSSR count). The van der Waals surface area contributed by atoms with Crippen molar-refractivity contribution in [1.29, 1.82) is 0 Å². The zero-order valence-electron chi connectivity index (χ0n) is 19.8. The van der Waals surface area contributed by atoms with Gasteiger partial charge in [0.1, 0.15) is 17.9 Å². The average Bonchev–Trinajstić information content (AvgIpc) is 3.35. The van der Waals surface area contributed by atoms with Gasteiger partial charge in [0.2, 0.25) is 0 Å². The topological polar surface area (TPSA) is 81.1 Å². The molecule has 0 saturated carbocycles. The van der Waals surface area contributed by atoms with E-state index in [1.165, 1.54) is 5.69 Å². The van der Waals surface area contributed by atoms with Crippen LogP contribution >= 0.6 is 0 Å². The van der Waals surface area contributed by atoms with Gasteiger partial charge in [-0.25, -0.2) is 9.97 Å². The molecule has 1 unspecified atom stereocenters. The first-order valence-electron chi connectivity index (χ1n) is 11.7. The standard InChI is InChI=1S/C27H29N5O2/c1-4-6-22-20-14-18(9-10-19(20)27(33)31-22)23-15-26(30-16-29-23)28-11-12-32-17(2)13-21-24(32)7-5-8-25(21)34-3/h5,7-10,13-16,22H,4,6,11-12H2,1-3H3,(H,31,33)(H,28,29,30). The van der Waals surface area contributed by atoms with Crippen molar-refractivity contribution in [2.75, 3.05) is 19.0 Å². The molecular formula is C27H29N5O2. The maximum atomic E-state index is 12.3. The lowest BCUT2D eigenvalue weighted by molar-refractivity contribution is 0.0955. The third-order valence-corrected chi connectivity index (χ3v) is 6.49. The molecule has 0 fully saturated rings. The van der Waals surface area contributed by atoms with Crippen molar-refractivity contribution in [1.82, 2.24) is 19.9 Å². The number of carbonyl (C=O) groups excluding carboxylic acids is 1. The van der Waals surface area contributed by atoms with E-state index >= 15 is 0 Å². The van der Waals surface area contributed by atoms with Gasteiger partial charge in [0, 0.05) is 41.4 Å². The molecule has 0 aliphatic carbocycles. The second-order valence-electron chi connectivity index (χ2n) is 8.66. The lowest BCUT2D eigenvalue weighted by Crippen LogP contribution is -2.18. The number of ether oxygens (including phenoxy) is 1. The summed E-state index contributed by atoms with van der Waals surface area (Å²) in [5.41, 5.74) is 5.99. The van der Waals surface area contributed by atoms with Crippen LogP contribution in [0.1, 0.15) is 47.4 Å². The van der Waals surface area contributed by atoms with E-state index in [1.807, 2.05) is 30.3 Å². The van der Waals surface area contributed by atoms with Crippen molar-refractivity contribution in [3.8, 4) is 17.0 Å². The third kappa shape index (κ3) is 3.98. The number of nitrogens with zero attached hydrogens (tertiary/aromatic N) is 3. The molecule has 0 bridgehead atoms. The quantitative estimate of drug-likeness (QED) is 0.386. The van der Waals surface area contributed by atoms with Crippen LogP contribution in [0.15, 0.2) is 54.9 Å². The number of fused-ring (bicyclic) bond motifs is 2. The second kappa shape index (κ2) is 9.17. The molecule has 7 heteroatoms. The molecule has 4 aromatic rings. The molecule has 1 amide bonds. The number of anilines is 1. The highest BCUT2D eigenvalue weighted by atomic mass is 16.5. The molecule has 0 radical (unpaired) electrons. The maximum Gasteiger partial charge on any atom is 0.252 e. The van der Waals surface area contributed by atoms with Gasteiger partial charge in [0.25, 0.3) is 5.91 Å². The van der Waals surface area contributed by atoms with Gasteiger partial charge in [-0.1, -0.05) is 25.5 Å². The van der Waals surface area contributed by atoms with E-state index in [2.05, 4.69) is 57.2 Å². The van der Waals surface area contributed by atoms with Gasteiger partial charge in [0.15, 0.2) is 0 Å². The summed E-state index contributed by atoms with van der Waals surface area (Å²) in [4.78, 5) is 21.1. The van der Waals surface area contributed by atoms with Crippen LogP contribution in [0.25, 0.3) is 22.2 Å². The van der Waals surface area contributed by atoms with Crippen molar-refractivity contribution in [2.24, 2.45) is 0 Å². The molecule has 1 aliphatic heterocycles. The molecule has 2 aromatic carbocycles. The number of methoxy groups -OCH3 is 1. The van der Waals surface area contributed by atoms with E-state index in [0.717, 1.165) is 70.8 Å². The fourth-order valence-corrected chi connectivity index (χ4v) is 4.82. The van der Waals surface area contributed by atoms with Crippen LogP contribution < -0.4 is 15.4 Å². The largest absolute Gasteiger partial charge is 0.496 e. The summed E-state index contributed by atoms with van der Waals surface area (Å²) in [5, 5.41) is 7.64. The normalized spacial score (nSPS) is 14.8. The zero-order valence-corrected chi connectivity index (χ0v) is 19.8. The van der Waals surface area contributed by atoms with Gasteiger partial charge in [-0.2, -0.15) is 0 Å². The van der Waals surface area contributed by atoms with Crippen LogP contribution in [-0.2, 0) is 6.54 Å². The van der Waals surface area contributed by atoms with Crippen molar-refractivity contribution in [3.63, 3.8) is 0 Å². The summed E-state index contributed by atoms with van der Waals surface area (Å²) < 4.78 is 7.79. The summed E-state index contributed by atoms with van der Waals surface area (Å²) in [6.45, 7) is 5.76. The van der Waals surface area contributed by atoms with E-state index in [9.17, 15) is 4.79 Å². The minimum atomic E-state index is 0.00972. The number of hydrogen-bond acceptors (Lipinski definition) is 5. The number of aryl methyl sites for hydroxylation is 1. The van der Waals surface area contributed by atoms with E-state index in [4.69, 9.17) is 4.74 Å². The first kappa shape index (κ1) is 21.9.